The summed E-state index contributed by atoms with van der Waals surface area (Å²) in [4.78, 5) is 11.9. The molecule has 0 aromatic carbocycles. The Kier molecular flexibility index (Phi) is 3.69. The highest BCUT2D eigenvalue weighted by Crippen LogP contribution is 2.19. The van der Waals surface area contributed by atoms with Gasteiger partial charge in [0.15, 0.2) is 5.76 Å². The lowest BCUT2D eigenvalue weighted by Gasteiger charge is -2.00. The normalized spacial score (nSPS) is 11.6. The van der Waals surface area contributed by atoms with Crippen LogP contribution >= 0.6 is 0 Å². The summed E-state index contributed by atoms with van der Waals surface area (Å²) in [7, 11) is 1.88. The fraction of sp³-hybridized carbons (Fsp3) is 0.333. The molecule has 2 rings (SSSR count). The molecule has 0 aliphatic carbocycles. The highest BCUT2D eigenvalue weighted by Gasteiger charge is 2.10. The molecular weight excluding hydrogens is 240 g/mol. The van der Waals surface area contributed by atoms with Gasteiger partial charge < -0.3 is 4.42 Å². The van der Waals surface area contributed by atoms with E-state index in [2.05, 4.69) is 18.9 Å². The number of rotatable bonds is 4. The van der Waals surface area contributed by atoms with Gasteiger partial charge in [0.1, 0.15) is 5.76 Å². The molecule has 0 saturated heterocycles. The summed E-state index contributed by atoms with van der Waals surface area (Å²) in [5.41, 5.74) is 1.95. The molecule has 2 aromatic heterocycles. The first-order valence-corrected chi connectivity index (χ1v) is 6.29. The highest BCUT2D eigenvalue weighted by atomic mass is 16.3. The average molecular weight is 258 g/mol. The van der Waals surface area contributed by atoms with Crippen LogP contribution in [0.2, 0.25) is 0 Å². The van der Waals surface area contributed by atoms with Crippen molar-refractivity contribution >= 4 is 11.9 Å². The first-order valence-electron chi connectivity index (χ1n) is 6.29. The molecule has 0 spiro atoms. The number of hydrogen-bond acceptors (Lipinski definition) is 3. The Morgan fingerprint density at radius 1 is 1.42 bits per heavy atom. The van der Waals surface area contributed by atoms with Crippen molar-refractivity contribution in [3.63, 3.8) is 0 Å². The van der Waals surface area contributed by atoms with Crippen molar-refractivity contribution in [2.45, 2.75) is 26.7 Å². The van der Waals surface area contributed by atoms with Crippen LogP contribution in [0.25, 0.3) is 6.08 Å². The Balaban J connectivity index is 2.21. The zero-order valence-corrected chi connectivity index (χ0v) is 11.7. The van der Waals surface area contributed by atoms with Gasteiger partial charge in [-0.15, -0.1) is 0 Å². The number of furan rings is 1. The minimum absolute atomic E-state index is 0.133. The van der Waals surface area contributed by atoms with E-state index in [-0.39, 0.29) is 5.78 Å². The summed E-state index contributed by atoms with van der Waals surface area (Å²) in [6, 6.07) is 3.47. The number of nitrogens with zero attached hydrogens (tertiary/aromatic N) is 2. The first-order chi connectivity index (χ1) is 8.97. The fourth-order valence-corrected chi connectivity index (χ4v) is 1.92. The van der Waals surface area contributed by atoms with Gasteiger partial charge in [-0.05, 0) is 37.1 Å². The maximum Gasteiger partial charge on any atom is 0.221 e. The molecule has 0 aliphatic rings. The lowest BCUT2D eigenvalue weighted by Crippen LogP contribution is -1.94. The second-order valence-corrected chi connectivity index (χ2v) is 4.91. The van der Waals surface area contributed by atoms with E-state index < -0.39 is 0 Å². The van der Waals surface area contributed by atoms with Gasteiger partial charge in [0.25, 0.3) is 0 Å². The van der Waals surface area contributed by atoms with E-state index in [4.69, 9.17) is 4.42 Å². The van der Waals surface area contributed by atoms with E-state index in [1.807, 2.05) is 20.2 Å². The number of aromatic nitrogens is 2. The second kappa shape index (κ2) is 5.26. The van der Waals surface area contributed by atoms with Gasteiger partial charge in [-0.1, -0.05) is 13.8 Å². The Morgan fingerprint density at radius 2 is 2.16 bits per heavy atom. The van der Waals surface area contributed by atoms with Gasteiger partial charge >= 0.3 is 0 Å². The molecule has 0 radical (unpaired) electrons. The monoisotopic (exact) mass is 258 g/mol. The lowest BCUT2D eigenvalue weighted by atomic mass is 10.1. The Labute approximate surface area is 112 Å². The van der Waals surface area contributed by atoms with Crippen molar-refractivity contribution in [3.05, 3.63) is 47.2 Å². The van der Waals surface area contributed by atoms with Crippen molar-refractivity contribution < 1.29 is 9.21 Å². The van der Waals surface area contributed by atoms with Crippen LogP contribution in [0.5, 0.6) is 0 Å². The molecule has 2 heterocycles. The van der Waals surface area contributed by atoms with E-state index >= 15 is 0 Å². The van der Waals surface area contributed by atoms with E-state index in [0.29, 0.717) is 11.7 Å². The standard InChI is InChI=1S/C15H18N2O2/c1-10(2)15-12(9-17(4)16-15)6-7-13(18)14-8-5-11(3)19-14/h5-10H,1-4H3/b7-6+. The third-order valence-electron chi connectivity index (χ3n) is 2.83. The fourth-order valence-electron chi connectivity index (χ4n) is 1.92. The average Bonchev–Trinajstić information content (AvgIpc) is 2.92. The summed E-state index contributed by atoms with van der Waals surface area (Å²) < 4.78 is 7.06. The molecule has 0 amide bonds. The topological polar surface area (TPSA) is 48.0 Å². The molecule has 0 fully saturated rings. The van der Waals surface area contributed by atoms with Crippen LogP contribution in [0.3, 0.4) is 0 Å². The van der Waals surface area contributed by atoms with Gasteiger partial charge in [0.05, 0.1) is 5.69 Å². The van der Waals surface area contributed by atoms with Crippen LogP contribution in [0, 0.1) is 6.92 Å². The molecule has 100 valence electrons. The molecule has 19 heavy (non-hydrogen) atoms. The molecule has 2 aromatic rings. The van der Waals surface area contributed by atoms with E-state index in [1.54, 1.807) is 22.9 Å². The summed E-state index contributed by atoms with van der Waals surface area (Å²) in [5.74, 6) is 1.29. The molecule has 0 unspecified atom stereocenters. The van der Waals surface area contributed by atoms with Crippen molar-refractivity contribution in [3.8, 4) is 0 Å². The number of carbonyl (C=O) groups excluding carboxylic acids is 1. The Hall–Kier alpha value is -2.10. The van der Waals surface area contributed by atoms with Crippen LogP contribution in [-0.2, 0) is 7.05 Å². The van der Waals surface area contributed by atoms with Crippen molar-refractivity contribution in [1.82, 2.24) is 9.78 Å². The summed E-state index contributed by atoms with van der Waals surface area (Å²) >= 11 is 0. The van der Waals surface area contributed by atoms with Crippen LogP contribution in [0.1, 0.15) is 47.3 Å². The Morgan fingerprint density at radius 3 is 2.74 bits per heavy atom. The van der Waals surface area contributed by atoms with Gasteiger partial charge in [-0.3, -0.25) is 9.48 Å². The number of allylic oxidation sites excluding steroid dienone is 1. The first kappa shape index (κ1) is 13.3. The van der Waals surface area contributed by atoms with E-state index in [0.717, 1.165) is 17.0 Å². The summed E-state index contributed by atoms with van der Waals surface area (Å²) in [5, 5.41) is 4.40. The number of ketones is 1. The summed E-state index contributed by atoms with van der Waals surface area (Å²) in [6.45, 7) is 5.98. The van der Waals surface area contributed by atoms with Gasteiger partial charge in [0, 0.05) is 18.8 Å². The zero-order chi connectivity index (χ0) is 14.0. The molecule has 4 nitrogen and oxygen atoms in total. The molecule has 4 heteroatoms. The SMILES string of the molecule is Cc1ccc(C(=O)/C=C/c2cn(C)nc2C(C)C)o1. The highest BCUT2D eigenvalue weighted by molar-refractivity contribution is 6.04. The molecule has 0 aliphatic heterocycles. The predicted octanol–water partition coefficient (Wildman–Crippen LogP) is 3.34. The molecule has 0 N–H and O–H groups in total. The minimum Gasteiger partial charge on any atom is -0.458 e. The maximum atomic E-state index is 11.9. The number of hydrogen-bond donors (Lipinski definition) is 0. The zero-order valence-electron chi connectivity index (χ0n) is 11.7. The van der Waals surface area contributed by atoms with Gasteiger partial charge in [0.2, 0.25) is 5.78 Å². The predicted molar refractivity (Wildman–Crippen MR) is 74.1 cm³/mol. The molecular formula is C15H18N2O2. The minimum atomic E-state index is -0.133. The third-order valence-corrected chi connectivity index (χ3v) is 2.83. The summed E-state index contributed by atoms with van der Waals surface area (Å²) in [6.07, 6.45) is 5.23. The van der Waals surface area contributed by atoms with Crippen molar-refractivity contribution in [2.24, 2.45) is 7.05 Å². The smallest absolute Gasteiger partial charge is 0.221 e. The number of aryl methyl sites for hydroxylation is 2. The lowest BCUT2D eigenvalue weighted by molar-refractivity contribution is 0.102. The van der Waals surface area contributed by atoms with Gasteiger partial charge in [-0.2, -0.15) is 5.10 Å². The van der Waals surface area contributed by atoms with Crippen molar-refractivity contribution in [2.75, 3.05) is 0 Å². The van der Waals surface area contributed by atoms with Crippen LogP contribution < -0.4 is 0 Å². The van der Waals surface area contributed by atoms with Crippen LogP contribution in [0.15, 0.2) is 28.8 Å². The van der Waals surface area contributed by atoms with E-state index in [1.165, 1.54) is 6.08 Å². The quantitative estimate of drug-likeness (QED) is 0.624. The molecule has 0 atom stereocenters. The van der Waals surface area contributed by atoms with Crippen molar-refractivity contribution in [1.29, 1.82) is 0 Å². The van der Waals surface area contributed by atoms with Crippen LogP contribution in [0.4, 0.5) is 0 Å². The van der Waals surface area contributed by atoms with Crippen LogP contribution in [-0.4, -0.2) is 15.6 Å². The molecule has 0 bridgehead atoms. The maximum absolute atomic E-state index is 11.9. The van der Waals surface area contributed by atoms with Gasteiger partial charge in [-0.25, -0.2) is 0 Å². The molecule has 0 saturated carbocycles. The second-order valence-electron chi connectivity index (χ2n) is 4.91. The van der Waals surface area contributed by atoms with E-state index in [9.17, 15) is 4.79 Å². The Bertz CT molecular complexity index is 618. The number of carbonyl (C=O) groups is 1. The largest absolute Gasteiger partial charge is 0.458 e. The third kappa shape index (κ3) is 3.02.